The molecule has 4 rings (SSSR count). The number of rotatable bonds is 8. The Bertz CT molecular complexity index is 1260. The Balaban J connectivity index is 1.44. The summed E-state index contributed by atoms with van der Waals surface area (Å²) in [5, 5.41) is 14.6. The highest BCUT2D eigenvalue weighted by Crippen LogP contribution is 2.30. The average molecular weight is 459 g/mol. The van der Waals surface area contributed by atoms with Gasteiger partial charge in [0.25, 0.3) is 0 Å². The van der Waals surface area contributed by atoms with Crippen LogP contribution in [0.5, 0.6) is 0 Å². The molecule has 0 saturated carbocycles. The van der Waals surface area contributed by atoms with Crippen molar-refractivity contribution >= 4 is 26.7 Å². The molecule has 3 aromatic rings. The number of nitrogens with one attached hydrogen (secondary N) is 3. The van der Waals surface area contributed by atoms with Crippen LogP contribution in [0.4, 0.5) is 5.69 Å². The summed E-state index contributed by atoms with van der Waals surface area (Å²) in [7, 11) is -3.34. The third-order valence-corrected chi connectivity index (χ3v) is 7.49. The van der Waals surface area contributed by atoms with Crippen molar-refractivity contribution < 1.29 is 13.5 Å². The maximum absolute atomic E-state index is 12.3. The number of H-pyrrole nitrogens is 1. The molecule has 0 saturated heterocycles. The van der Waals surface area contributed by atoms with Gasteiger partial charge in [0.2, 0.25) is 10.0 Å². The molecule has 9 heteroatoms. The molecule has 8 nitrogen and oxygen atoms in total. The minimum absolute atomic E-state index is 0.0249. The van der Waals surface area contributed by atoms with Crippen LogP contribution in [0.1, 0.15) is 43.9 Å². The molecule has 2 aromatic carbocycles. The van der Waals surface area contributed by atoms with Crippen molar-refractivity contribution in [3.63, 3.8) is 0 Å². The standard InChI is InChI=1S/C23H30N4O4S/c1-3-32(30,31)26-18-9-5-4-7-16(18)12-11-15(2)24-20-13-14-27-21-17(22(20)28)8-6-10-19(21)25-23(27)29/h4-10,15,20,22,24,26,28H,3,11-14H2,1-2H3,(H,25,29). The number of benzene rings is 2. The highest BCUT2D eigenvalue weighted by atomic mass is 32.2. The number of aromatic nitrogens is 2. The number of hydrogen-bond donors (Lipinski definition) is 4. The fraction of sp³-hybridized carbons (Fsp3) is 0.435. The van der Waals surface area contributed by atoms with Gasteiger partial charge in [-0.15, -0.1) is 0 Å². The number of sulfonamides is 1. The highest BCUT2D eigenvalue weighted by molar-refractivity contribution is 7.92. The van der Waals surface area contributed by atoms with Gasteiger partial charge in [0.15, 0.2) is 0 Å². The molecule has 0 fully saturated rings. The number of hydrogen-bond acceptors (Lipinski definition) is 5. The first-order chi connectivity index (χ1) is 15.3. The smallest absolute Gasteiger partial charge is 0.326 e. The summed E-state index contributed by atoms with van der Waals surface area (Å²) in [6, 6.07) is 12.9. The molecule has 0 aliphatic carbocycles. The Hall–Kier alpha value is -2.62. The molecule has 1 aromatic heterocycles. The van der Waals surface area contributed by atoms with Crippen molar-refractivity contribution in [1.29, 1.82) is 0 Å². The number of imidazole rings is 1. The normalized spacial score (nSPS) is 19.6. The van der Waals surface area contributed by atoms with Crippen LogP contribution in [0.2, 0.25) is 0 Å². The second-order valence-electron chi connectivity index (χ2n) is 8.43. The maximum Gasteiger partial charge on any atom is 0.326 e. The molecule has 4 N–H and O–H groups in total. The maximum atomic E-state index is 12.3. The molecule has 0 amide bonds. The van der Waals surface area contributed by atoms with Gasteiger partial charge in [0.05, 0.1) is 28.6 Å². The van der Waals surface area contributed by atoms with Gasteiger partial charge in [0.1, 0.15) is 0 Å². The van der Waals surface area contributed by atoms with Crippen LogP contribution in [0.25, 0.3) is 11.0 Å². The van der Waals surface area contributed by atoms with E-state index in [2.05, 4.69) is 21.9 Å². The molecule has 32 heavy (non-hydrogen) atoms. The van der Waals surface area contributed by atoms with E-state index in [1.54, 1.807) is 17.6 Å². The van der Waals surface area contributed by atoms with E-state index in [1.165, 1.54) is 0 Å². The molecule has 3 unspecified atom stereocenters. The third-order valence-electron chi connectivity index (χ3n) is 6.20. The Kier molecular flexibility index (Phi) is 6.41. The predicted molar refractivity (Wildman–Crippen MR) is 126 cm³/mol. The van der Waals surface area contributed by atoms with Crippen molar-refractivity contribution in [2.75, 3.05) is 10.5 Å². The van der Waals surface area contributed by atoms with Crippen molar-refractivity contribution in [3.05, 3.63) is 64.1 Å². The summed E-state index contributed by atoms with van der Waals surface area (Å²) in [6.45, 7) is 4.20. The zero-order valence-electron chi connectivity index (χ0n) is 18.3. The highest BCUT2D eigenvalue weighted by Gasteiger charge is 2.29. The number of aliphatic hydroxyl groups is 1. The molecular weight excluding hydrogens is 428 g/mol. The number of para-hydroxylation sites is 2. The van der Waals surface area contributed by atoms with Gasteiger partial charge in [-0.25, -0.2) is 13.2 Å². The van der Waals surface area contributed by atoms with E-state index < -0.39 is 16.1 Å². The zero-order chi connectivity index (χ0) is 22.9. The van der Waals surface area contributed by atoms with E-state index in [9.17, 15) is 18.3 Å². The number of aliphatic hydroxyl groups excluding tert-OH is 1. The lowest BCUT2D eigenvalue weighted by atomic mass is 9.98. The molecule has 1 aliphatic heterocycles. The Morgan fingerprint density at radius 3 is 2.78 bits per heavy atom. The second kappa shape index (κ2) is 9.09. The van der Waals surface area contributed by atoms with Crippen LogP contribution in [0, 0.1) is 0 Å². The minimum atomic E-state index is -3.34. The lowest BCUT2D eigenvalue weighted by molar-refractivity contribution is 0.119. The third kappa shape index (κ3) is 4.60. The van der Waals surface area contributed by atoms with Gasteiger partial charge < -0.3 is 15.4 Å². The Labute approximate surface area is 187 Å². The van der Waals surface area contributed by atoms with Crippen LogP contribution in [0.15, 0.2) is 47.3 Å². The summed E-state index contributed by atoms with van der Waals surface area (Å²) in [5.74, 6) is 0.0249. The Morgan fingerprint density at radius 1 is 1.22 bits per heavy atom. The topological polar surface area (TPSA) is 116 Å². The fourth-order valence-electron chi connectivity index (χ4n) is 4.42. The van der Waals surface area contributed by atoms with Crippen LogP contribution < -0.4 is 15.7 Å². The summed E-state index contributed by atoms with van der Waals surface area (Å²) >= 11 is 0. The van der Waals surface area contributed by atoms with Gasteiger partial charge >= 0.3 is 5.69 Å². The molecule has 2 heterocycles. The molecular formula is C23H30N4O4S. The van der Waals surface area contributed by atoms with Gasteiger partial charge in [-0.05, 0) is 50.8 Å². The predicted octanol–water partition coefficient (Wildman–Crippen LogP) is 2.51. The van der Waals surface area contributed by atoms with E-state index in [-0.39, 0.29) is 23.5 Å². The van der Waals surface area contributed by atoms with E-state index in [0.717, 1.165) is 28.6 Å². The van der Waals surface area contributed by atoms with Crippen molar-refractivity contribution in [3.8, 4) is 0 Å². The summed E-state index contributed by atoms with van der Waals surface area (Å²) in [5.41, 5.74) is 3.67. The fourth-order valence-corrected chi connectivity index (χ4v) is 5.09. The first kappa shape index (κ1) is 22.6. The van der Waals surface area contributed by atoms with E-state index in [4.69, 9.17) is 0 Å². The first-order valence-corrected chi connectivity index (χ1v) is 12.7. The minimum Gasteiger partial charge on any atom is -0.387 e. The first-order valence-electron chi connectivity index (χ1n) is 11.0. The van der Waals surface area contributed by atoms with E-state index in [0.29, 0.717) is 25.1 Å². The van der Waals surface area contributed by atoms with Crippen LogP contribution in [-0.4, -0.2) is 40.9 Å². The zero-order valence-corrected chi connectivity index (χ0v) is 19.2. The van der Waals surface area contributed by atoms with Gasteiger partial charge in [-0.2, -0.15) is 0 Å². The molecule has 0 bridgehead atoms. The number of nitrogens with zero attached hydrogens (tertiary/aromatic N) is 1. The quantitative estimate of drug-likeness (QED) is 0.414. The lowest BCUT2D eigenvalue weighted by Gasteiger charge is -2.27. The Morgan fingerprint density at radius 2 is 2.00 bits per heavy atom. The molecule has 0 radical (unpaired) electrons. The number of aryl methyl sites for hydroxylation is 2. The summed E-state index contributed by atoms with van der Waals surface area (Å²) in [4.78, 5) is 15.2. The molecule has 0 spiro atoms. The SMILES string of the molecule is CCS(=O)(=O)Nc1ccccc1CCC(C)NC1CCn2c(=O)[nH]c3cccc(c32)C1O. The lowest BCUT2D eigenvalue weighted by Crippen LogP contribution is -2.41. The second-order valence-corrected chi connectivity index (χ2v) is 10.4. The van der Waals surface area contributed by atoms with Crippen molar-refractivity contribution in [1.82, 2.24) is 14.9 Å². The van der Waals surface area contributed by atoms with Crippen LogP contribution in [-0.2, 0) is 23.0 Å². The summed E-state index contributed by atoms with van der Waals surface area (Å²) < 4.78 is 28.3. The molecule has 3 atom stereocenters. The number of anilines is 1. The molecule has 172 valence electrons. The largest absolute Gasteiger partial charge is 0.387 e. The monoisotopic (exact) mass is 458 g/mol. The number of aromatic amines is 1. The average Bonchev–Trinajstić information content (AvgIpc) is 3.02. The van der Waals surface area contributed by atoms with Gasteiger partial charge in [-0.1, -0.05) is 30.3 Å². The van der Waals surface area contributed by atoms with E-state index in [1.807, 2.05) is 36.4 Å². The van der Waals surface area contributed by atoms with Gasteiger partial charge in [-0.3, -0.25) is 9.29 Å². The van der Waals surface area contributed by atoms with E-state index >= 15 is 0 Å². The molecule has 1 aliphatic rings. The van der Waals surface area contributed by atoms with Crippen molar-refractivity contribution in [2.24, 2.45) is 0 Å². The van der Waals surface area contributed by atoms with Gasteiger partial charge in [0, 0.05) is 24.2 Å². The van der Waals surface area contributed by atoms with Crippen LogP contribution >= 0.6 is 0 Å². The van der Waals surface area contributed by atoms with Crippen LogP contribution in [0.3, 0.4) is 0 Å². The van der Waals surface area contributed by atoms with Crippen molar-refractivity contribution in [2.45, 2.75) is 57.8 Å². The summed E-state index contributed by atoms with van der Waals surface area (Å²) in [6.07, 6.45) is 1.36.